The summed E-state index contributed by atoms with van der Waals surface area (Å²) in [5.41, 5.74) is 5.41. The van der Waals surface area contributed by atoms with Crippen molar-refractivity contribution >= 4 is 18.0 Å². The molecule has 5 N–H and O–H groups in total. The molecule has 1 saturated carbocycles. The van der Waals surface area contributed by atoms with E-state index in [1.807, 2.05) is 20.8 Å². The van der Waals surface area contributed by atoms with Crippen LogP contribution in [-0.4, -0.2) is 45.9 Å². The lowest BCUT2D eigenvalue weighted by molar-refractivity contribution is -0.159. The summed E-state index contributed by atoms with van der Waals surface area (Å²) in [6.07, 6.45) is 3.68. The van der Waals surface area contributed by atoms with Gasteiger partial charge in [-0.1, -0.05) is 0 Å². The van der Waals surface area contributed by atoms with E-state index in [1.54, 1.807) is 0 Å². The number of carbonyl (C=O) groups is 3. The summed E-state index contributed by atoms with van der Waals surface area (Å²) in [7, 11) is 0. The van der Waals surface area contributed by atoms with Crippen LogP contribution in [0.15, 0.2) is 0 Å². The highest BCUT2D eigenvalue weighted by Gasteiger charge is 2.23. The number of ether oxygens (including phenoxy) is 1. The Bertz CT molecular complexity index is 365. The minimum Gasteiger partial charge on any atom is -0.473 e. The number of aliphatic carboxylic acids is 2. The Morgan fingerprint density at radius 1 is 1.14 bits per heavy atom. The van der Waals surface area contributed by atoms with Crippen molar-refractivity contribution in [3.8, 4) is 0 Å². The molecule has 0 bridgehead atoms. The number of carbonyl (C=O) groups excluding carboxylic acids is 1. The molecule has 0 aliphatic heterocycles. The zero-order chi connectivity index (χ0) is 16.6. The van der Waals surface area contributed by atoms with Gasteiger partial charge in [0, 0.05) is 12.1 Å². The summed E-state index contributed by atoms with van der Waals surface area (Å²) in [5, 5.41) is 17.6. The molecular weight excluding hydrogens is 280 g/mol. The maximum atomic E-state index is 11.5. The lowest BCUT2D eigenvalue weighted by Crippen LogP contribution is -2.44. The molecule has 1 aliphatic rings. The Labute approximate surface area is 123 Å². The van der Waals surface area contributed by atoms with Gasteiger partial charge >= 0.3 is 18.0 Å². The van der Waals surface area contributed by atoms with Crippen LogP contribution in [0.4, 0.5) is 4.79 Å². The van der Waals surface area contributed by atoms with Crippen LogP contribution in [0.3, 0.4) is 0 Å². The van der Waals surface area contributed by atoms with Crippen LogP contribution in [-0.2, 0) is 14.3 Å². The van der Waals surface area contributed by atoms with E-state index in [4.69, 9.17) is 30.3 Å². The first kappa shape index (κ1) is 19.2. The number of hydrogen-bond donors (Lipinski definition) is 4. The van der Waals surface area contributed by atoms with Crippen LogP contribution < -0.4 is 11.1 Å². The second-order valence-corrected chi connectivity index (χ2v) is 5.88. The van der Waals surface area contributed by atoms with Crippen molar-refractivity contribution in [1.82, 2.24) is 5.32 Å². The molecular formula is C13H24N2O6. The lowest BCUT2D eigenvalue weighted by atomic mass is 9.92. The quantitative estimate of drug-likeness (QED) is 0.528. The zero-order valence-electron chi connectivity index (χ0n) is 12.6. The molecule has 0 unspecified atom stereocenters. The normalized spacial score (nSPS) is 21.5. The van der Waals surface area contributed by atoms with Crippen LogP contribution in [0.5, 0.6) is 0 Å². The summed E-state index contributed by atoms with van der Waals surface area (Å²) in [4.78, 5) is 29.7. The molecule has 0 heterocycles. The van der Waals surface area contributed by atoms with Gasteiger partial charge in [-0.25, -0.2) is 14.4 Å². The van der Waals surface area contributed by atoms with Gasteiger partial charge in [-0.15, -0.1) is 0 Å². The number of rotatable bonds is 1. The molecule has 21 heavy (non-hydrogen) atoms. The zero-order valence-corrected chi connectivity index (χ0v) is 12.6. The second-order valence-electron chi connectivity index (χ2n) is 5.88. The Hall–Kier alpha value is -1.83. The van der Waals surface area contributed by atoms with Crippen molar-refractivity contribution in [1.29, 1.82) is 0 Å². The molecule has 8 heteroatoms. The van der Waals surface area contributed by atoms with Crippen LogP contribution in [0, 0.1) is 0 Å². The summed E-state index contributed by atoms with van der Waals surface area (Å²) >= 11 is 0. The molecule has 1 fully saturated rings. The van der Waals surface area contributed by atoms with Crippen LogP contribution in [0.2, 0.25) is 0 Å². The first-order valence-corrected chi connectivity index (χ1v) is 6.72. The molecule has 122 valence electrons. The highest BCUT2D eigenvalue weighted by Crippen LogP contribution is 2.17. The van der Waals surface area contributed by atoms with E-state index in [2.05, 4.69) is 5.32 Å². The molecule has 0 aromatic heterocycles. The van der Waals surface area contributed by atoms with Crippen molar-refractivity contribution < 1.29 is 29.3 Å². The number of carboxylic acids is 2. The van der Waals surface area contributed by atoms with Crippen molar-refractivity contribution in [2.24, 2.45) is 5.73 Å². The third-order valence-electron chi connectivity index (χ3n) is 2.62. The third-order valence-corrected chi connectivity index (χ3v) is 2.62. The van der Waals surface area contributed by atoms with Gasteiger partial charge in [-0.2, -0.15) is 0 Å². The first-order chi connectivity index (χ1) is 9.51. The Morgan fingerprint density at radius 2 is 1.67 bits per heavy atom. The SMILES string of the molecule is CC(C)(C)OC(=O)N[C@@H]1CCC[C@H](N)C1.O=C(O)C(=O)O. The Balaban J connectivity index is 0.000000567. The molecule has 0 radical (unpaired) electrons. The van der Waals surface area contributed by atoms with Crippen LogP contribution in [0.1, 0.15) is 46.5 Å². The fourth-order valence-corrected chi connectivity index (χ4v) is 1.83. The number of hydrogen-bond acceptors (Lipinski definition) is 5. The van der Waals surface area contributed by atoms with Crippen molar-refractivity contribution in [3.63, 3.8) is 0 Å². The average molecular weight is 304 g/mol. The minimum atomic E-state index is -1.82. The van der Waals surface area contributed by atoms with Gasteiger partial charge < -0.3 is 26.0 Å². The number of alkyl carbamates (subject to hydrolysis) is 1. The molecule has 2 atom stereocenters. The lowest BCUT2D eigenvalue weighted by Gasteiger charge is -2.28. The van der Waals surface area contributed by atoms with Crippen molar-refractivity contribution in [3.05, 3.63) is 0 Å². The topological polar surface area (TPSA) is 139 Å². The monoisotopic (exact) mass is 304 g/mol. The standard InChI is InChI=1S/C11H22N2O2.C2H2O4/c1-11(2,3)15-10(14)13-9-6-4-5-8(12)7-9;3-1(4)2(5)6/h8-9H,4-7,12H2,1-3H3,(H,13,14);(H,3,4)(H,5,6)/t8-,9+;/m0./s1. The van der Waals surface area contributed by atoms with Crippen LogP contribution >= 0.6 is 0 Å². The largest absolute Gasteiger partial charge is 0.473 e. The summed E-state index contributed by atoms with van der Waals surface area (Å²) in [5.74, 6) is -3.65. The van der Waals surface area contributed by atoms with E-state index >= 15 is 0 Å². The fourth-order valence-electron chi connectivity index (χ4n) is 1.83. The van der Waals surface area contributed by atoms with Gasteiger partial charge in [-0.3, -0.25) is 0 Å². The van der Waals surface area contributed by atoms with E-state index < -0.39 is 17.5 Å². The fraction of sp³-hybridized carbons (Fsp3) is 0.769. The molecule has 1 amide bonds. The third kappa shape index (κ3) is 10.6. The van der Waals surface area contributed by atoms with E-state index in [1.165, 1.54) is 0 Å². The predicted molar refractivity (Wildman–Crippen MR) is 74.9 cm³/mol. The second kappa shape index (κ2) is 8.46. The van der Waals surface area contributed by atoms with Gasteiger partial charge in [0.05, 0.1) is 0 Å². The molecule has 0 aromatic carbocycles. The van der Waals surface area contributed by atoms with Gasteiger partial charge in [0.2, 0.25) is 0 Å². The van der Waals surface area contributed by atoms with E-state index in [9.17, 15) is 4.79 Å². The Kier molecular flexibility index (Phi) is 7.72. The summed E-state index contributed by atoms with van der Waals surface area (Å²) in [6, 6.07) is 0.405. The predicted octanol–water partition coefficient (Wildman–Crippen LogP) is 0.937. The first-order valence-electron chi connectivity index (χ1n) is 6.72. The van der Waals surface area contributed by atoms with Crippen LogP contribution in [0.25, 0.3) is 0 Å². The van der Waals surface area contributed by atoms with E-state index in [0.717, 1.165) is 25.7 Å². The maximum Gasteiger partial charge on any atom is 0.414 e. The highest BCUT2D eigenvalue weighted by molar-refractivity contribution is 6.27. The Morgan fingerprint density at radius 3 is 2.05 bits per heavy atom. The number of amides is 1. The highest BCUT2D eigenvalue weighted by atomic mass is 16.6. The molecule has 1 rings (SSSR count). The number of carboxylic acid groups (broad SMARTS) is 2. The summed E-state index contributed by atoms with van der Waals surface area (Å²) < 4.78 is 5.18. The van der Waals surface area contributed by atoms with Crippen molar-refractivity contribution in [2.75, 3.05) is 0 Å². The number of nitrogens with one attached hydrogen (secondary N) is 1. The number of nitrogens with two attached hydrogens (primary N) is 1. The minimum absolute atomic E-state index is 0.184. The molecule has 0 saturated heterocycles. The van der Waals surface area contributed by atoms with Gasteiger partial charge in [0.1, 0.15) is 5.60 Å². The van der Waals surface area contributed by atoms with Gasteiger partial charge in [-0.05, 0) is 46.5 Å². The molecule has 1 aliphatic carbocycles. The van der Waals surface area contributed by atoms with E-state index in [0.29, 0.717) is 0 Å². The maximum absolute atomic E-state index is 11.5. The molecule has 8 nitrogen and oxygen atoms in total. The molecule has 0 aromatic rings. The smallest absolute Gasteiger partial charge is 0.414 e. The van der Waals surface area contributed by atoms with Crippen molar-refractivity contribution in [2.45, 2.75) is 64.1 Å². The van der Waals surface area contributed by atoms with Gasteiger partial charge in [0.15, 0.2) is 0 Å². The average Bonchev–Trinajstić information content (AvgIpc) is 2.26. The van der Waals surface area contributed by atoms with E-state index in [-0.39, 0.29) is 18.2 Å². The molecule has 0 spiro atoms. The van der Waals surface area contributed by atoms with Gasteiger partial charge in [0.25, 0.3) is 0 Å². The summed E-state index contributed by atoms with van der Waals surface area (Å²) in [6.45, 7) is 5.58.